The Morgan fingerprint density at radius 3 is 2.88 bits per heavy atom. The van der Waals surface area contributed by atoms with Gasteiger partial charge in [-0.2, -0.15) is 0 Å². The first-order valence-electron chi connectivity index (χ1n) is 6.02. The fourth-order valence-corrected chi connectivity index (χ4v) is 2.59. The summed E-state index contributed by atoms with van der Waals surface area (Å²) in [5.41, 5.74) is 2.70. The van der Waals surface area contributed by atoms with Gasteiger partial charge >= 0.3 is 0 Å². The summed E-state index contributed by atoms with van der Waals surface area (Å²) in [5.74, 6) is 0. The molecule has 1 aliphatic heterocycles. The zero-order valence-corrected chi connectivity index (χ0v) is 11.7. The summed E-state index contributed by atoms with van der Waals surface area (Å²) in [6.07, 6.45) is 5.19. The second-order valence-corrected chi connectivity index (χ2v) is 5.16. The van der Waals surface area contributed by atoms with Crippen molar-refractivity contribution in [2.24, 2.45) is 0 Å². The minimum Gasteiger partial charge on any atom is -0.501 e. The lowest BCUT2D eigenvalue weighted by atomic mass is 9.96. The lowest BCUT2D eigenvalue weighted by Crippen LogP contribution is -2.31. The first-order valence-corrected chi connectivity index (χ1v) is 6.82. The number of hydrogen-bond donors (Lipinski definition) is 1. The van der Waals surface area contributed by atoms with Crippen LogP contribution in [0.2, 0.25) is 0 Å². The van der Waals surface area contributed by atoms with Crippen LogP contribution in [0.1, 0.15) is 18.4 Å². The highest BCUT2D eigenvalue weighted by Crippen LogP contribution is 2.22. The van der Waals surface area contributed by atoms with Crippen LogP contribution < -0.4 is 5.32 Å². The van der Waals surface area contributed by atoms with Crippen LogP contribution in [0.15, 0.2) is 40.6 Å². The number of benzene rings is 1. The van der Waals surface area contributed by atoms with Crippen molar-refractivity contribution in [2.75, 3.05) is 13.7 Å². The molecule has 0 bridgehead atoms. The molecule has 1 aromatic carbocycles. The van der Waals surface area contributed by atoms with Crippen molar-refractivity contribution in [3.63, 3.8) is 0 Å². The molecule has 3 heteroatoms. The van der Waals surface area contributed by atoms with Crippen LogP contribution in [0.25, 0.3) is 0 Å². The summed E-state index contributed by atoms with van der Waals surface area (Å²) in [5, 5.41) is 3.38. The van der Waals surface area contributed by atoms with E-state index >= 15 is 0 Å². The third kappa shape index (κ3) is 3.33. The lowest BCUT2D eigenvalue weighted by molar-refractivity contribution is 0.219. The first-order chi connectivity index (χ1) is 8.31. The minimum atomic E-state index is 0.369. The van der Waals surface area contributed by atoms with Gasteiger partial charge in [-0.1, -0.05) is 34.1 Å². The predicted molar refractivity (Wildman–Crippen MR) is 74.0 cm³/mol. The van der Waals surface area contributed by atoms with Crippen LogP contribution in [0.3, 0.4) is 0 Å². The van der Waals surface area contributed by atoms with E-state index in [4.69, 9.17) is 4.74 Å². The fraction of sp³-hybridized carbons (Fsp3) is 0.429. The molecule has 0 saturated heterocycles. The predicted octanol–water partition coefficient (Wildman–Crippen LogP) is 3.27. The fourth-order valence-electron chi connectivity index (χ4n) is 2.14. The van der Waals surface area contributed by atoms with Gasteiger partial charge in [0, 0.05) is 10.5 Å². The average molecular weight is 296 g/mol. The minimum absolute atomic E-state index is 0.369. The molecule has 1 aromatic rings. The van der Waals surface area contributed by atoms with E-state index in [1.165, 1.54) is 15.6 Å². The van der Waals surface area contributed by atoms with Crippen LogP contribution in [0.4, 0.5) is 0 Å². The van der Waals surface area contributed by atoms with Crippen molar-refractivity contribution < 1.29 is 4.74 Å². The number of rotatable bonds is 4. The highest BCUT2D eigenvalue weighted by Gasteiger charge is 2.16. The van der Waals surface area contributed by atoms with Crippen molar-refractivity contribution in [3.8, 4) is 0 Å². The van der Waals surface area contributed by atoms with E-state index < -0.39 is 0 Å². The van der Waals surface area contributed by atoms with E-state index in [2.05, 4.69) is 39.4 Å². The molecule has 0 amide bonds. The van der Waals surface area contributed by atoms with Crippen molar-refractivity contribution >= 4 is 15.9 Å². The smallest absolute Gasteiger partial charge is 0.0876 e. The van der Waals surface area contributed by atoms with E-state index in [0.717, 1.165) is 25.9 Å². The normalized spacial score (nSPS) is 17.2. The molecule has 0 spiro atoms. The maximum atomic E-state index is 5.42. The number of hydrogen-bond acceptors (Lipinski definition) is 2. The molecule has 92 valence electrons. The molecule has 1 unspecified atom stereocenters. The monoisotopic (exact) mass is 295 g/mol. The number of halogens is 1. The summed E-state index contributed by atoms with van der Waals surface area (Å²) in [6, 6.07) is 8.75. The molecule has 2 nitrogen and oxygen atoms in total. The van der Waals surface area contributed by atoms with E-state index in [1.54, 1.807) is 0 Å². The Hall–Kier alpha value is -0.800. The average Bonchev–Trinajstić information content (AvgIpc) is 2.39. The highest BCUT2D eigenvalue weighted by molar-refractivity contribution is 9.10. The standard InChI is InChI=1S/C14H18BrNO/c1-16-14(12-6-4-8-17-10-12)9-11-5-2-3-7-13(11)15/h2-3,5,7,10,14,16H,4,6,8-9H2,1H3. The molecular formula is C14H18BrNO. The Morgan fingerprint density at radius 2 is 2.24 bits per heavy atom. The second kappa shape index (κ2) is 6.22. The largest absolute Gasteiger partial charge is 0.501 e. The molecule has 0 aromatic heterocycles. The van der Waals surface area contributed by atoms with Gasteiger partial charge in [0.2, 0.25) is 0 Å². The van der Waals surface area contributed by atoms with E-state index in [9.17, 15) is 0 Å². The Bertz CT molecular complexity index is 403. The van der Waals surface area contributed by atoms with Gasteiger partial charge in [-0.25, -0.2) is 0 Å². The van der Waals surface area contributed by atoms with Gasteiger partial charge < -0.3 is 10.1 Å². The Labute approximate surface area is 111 Å². The molecule has 1 N–H and O–H groups in total. The molecule has 17 heavy (non-hydrogen) atoms. The zero-order chi connectivity index (χ0) is 12.1. The Kier molecular flexibility index (Phi) is 4.63. The summed E-state index contributed by atoms with van der Waals surface area (Å²) in [7, 11) is 2.01. The summed E-state index contributed by atoms with van der Waals surface area (Å²) < 4.78 is 6.60. The molecule has 1 atom stereocenters. The van der Waals surface area contributed by atoms with Gasteiger partial charge in [-0.3, -0.25) is 0 Å². The molecule has 0 fully saturated rings. The van der Waals surface area contributed by atoms with E-state index in [-0.39, 0.29) is 0 Å². The molecule has 1 aliphatic rings. The SMILES string of the molecule is CNC(Cc1ccccc1Br)C1=COCCC1. The van der Waals surface area contributed by atoms with Gasteiger partial charge in [0.05, 0.1) is 12.9 Å². The highest BCUT2D eigenvalue weighted by atomic mass is 79.9. The van der Waals surface area contributed by atoms with Gasteiger partial charge in [-0.15, -0.1) is 0 Å². The van der Waals surface area contributed by atoms with Gasteiger partial charge in [0.1, 0.15) is 0 Å². The van der Waals surface area contributed by atoms with Crippen LogP contribution in [0.5, 0.6) is 0 Å². The quantitative estimate of drug-likeness (QED) is 0.920. The molecule has 0 radical (unpaired) electrons. The topological polar surface area (TPSA) is 21.3 Å². The third-order valence-corrected chi connectivity index (χ3v) is 3.91. The van der Waals surface area contributed by atoms with E-state index in [1.807, 2.05) is 19.4 Å². The van der Waals surface area contributed by atoms with Gasteiger partial charge in [-0.05, 0) is 43.5 Å². The van der Waals surface area contributed by atoms with Crippen molar-refractivity contribution in [1.29, 1.82) is 0 Å². The van der Waals surface area contributed by atoms with Crippen LogP contribution in [-0.2, 0) is 11.2 Å². The second-order valence-electron chi connectivity index (χ2n) is 4.30. The number of nitrogens with one attached hydrogen (secondary N) is 1. The zero-order valence-electron chi connectivity index (χ0n) is 10.1. The lowest BCUT2D eigenvalue weighted by Gasteiger charge is -2.23. The maximum Gasteiger partial charge on any atom is 0.0876 e. The number of ether oxygens (including phenoxy) is 1. The molecule has 0 saturated carbocycles. The third-order valence-electron chi connectivity index (χ3n) is 3.14. The number of likely N-dealkylation sites (N-methyl/N-ethyl adjacent to an activating group) is 1. The molecule has 2 rings (SSSR count). The van der Waals surface area contributed by atoms with Crippen molar-refractivity contribution in [2.45, 2.75) is 25.3 Å². The molecule has 0 aliphatic carbocycles. The van der Waals surface area contributed by atoms with Crippen LogP contribution in [0, 0.1) is 0 Å². The Balaban J connectivity index is 2.09. The van der Waals surface area contributed by atoms with Crippen LogP contribution >= 0.6 is 15.9 Å². The first kappa shape index (κ1) is 12.7. The molecular weight excluding hydrogens is 278 g/mol. The van der Waals surface area contributed by atoms with Gasteiger partial charge in [0.25, 0.3) is 0 Å². The van der Waals surface area contributed by atoms with Crippen molar-refractivity contribution in [3.05, 3.63) is 46.1 Å². The maximum absolute atomic E-state index is 5.42. The van der Waals surface area contributed by atoms with Crippen LogP contribution in [-0.4, -0.2) is 19.7 Å². The Morgan fingerprint density at radius 1 is 1.41 bits per heavy atom. The molecule has 1 heterocycles. The summed E-state index contributed by atoms with van der Waals surface area (Å²) >= 11 is 3.60. The van der Waals surface area contributed by atoms with Gasteiger partial charge in [0.15, 0.2) is 0 Å². The van der Waals surface area contributed by atoms with E-state index in [0.29, 0.717) is 6.04 Å². The van der Waals surface area contributed by atoms with Crippen molar-refractivity contribution in [1.82, 2.24) is 5.32 Å². The summed E-state index contributed by atoms with van der Waals surface area (Å²) in [6.45, 7) is 0.856. The summed E-state index contributed by atoms with van der Waals surface area (Å²) in [4.78, 5) is 0.